The van der Waals surface area contributed by atoms with Gasteiger partial charge in [0.2, 0.25) is 0 Å². The third-order valence-corrected chi connectivity index (χ3v) is 4.42. The van der Waals surface area contributed by atoms with E-state index in [0.29, 0.717) is 10.9 Å². The molecule has 19 heavy (non-hydrogen) atoms. The van der Waals surface area contributed by atoms with Gasteiger partial charge in [0.1, 0.15) is 5.58 Å². The highest BCUT2D eigenvalue weighted by Crippen LogP contribution is 2.42. The SMILES string of the molecule is Clc1c2ccoc2c(C2CCNCC2)c2ccoc12. The van der Waals surface area contributed by atoms with Gasteiger partial charge in [0.15, 0.2) is 5.58 Å². The molecule has 1 aliphatic rings. The Hall–Kier alpha value is -1.45. The second-order valence-corrected chi connectivity index (χ2v) is 5.46. The minimum atomic E-state index is 0.507. The molecule has 3 aromatic rings. The van der Waals surface area contributed by atoms with E-state index in [0.717, 1.165) is 47.9 Å². The fraction of sp³-hybridized carbons (Fsp3) is 0.333. The van der Waals surface area contributed by atoms with E-state index >= 15 is 0 Å². The summed E-state index contributed by atoms with van der Waals surface area (Å²) in [7, 11) is 0. The molecule has 0 saturated carbocycles. The average molecular weight is 276 g/mol. The highest BCUT2D eigenvalue weighted by molar-refractivity contribution is 6.40. The Morgan fingerprint density at radius 1 is 1.00 bits per heavy atom. The van der Waals surface area contributed by atoms with Crippen LogP contribution in [0, 0.1) is 0 Å². The van der Waals surface area contributed by atoms with Crippen LogP contribution < -0.4 is 5.32 Å². The van der Waals surface area contributed by atoms with Crippen molar-refractivity contribution in [2.75, 3.05) is 13.1 Å². The number of hydrogen-bond donors (Lipinski definition) is 1. The molecule has 1 fully saturated rings. The predicted octanol–water partition coefficient (Wildman–Crippen LogP) is 4.30. The Bertz CT molecular complexity index is 685. The lowest BCUT2D eigenvalue weighted by molar-refractivity contribution is 0.459. The van der Waals surface area contributed by atoms with Gasteiger partial charge in [0.05, 0.1) is 17.5 Å². The van der Waals surface area contributed by atoms with Gasteiger partial charge < -0.3 is 14.2 Å². The zero-order chi connectivity index (χ0) is 12.8. The van der Waals surface area contributed by atoms with Crippen molar-refractivity contribution < 1.29 is 8.83 Å². The number of nitrogens with one attached hydrogen (secondary N) is 1. The zero-order valence-electron chi connectivity index (χ0n) is 10.4. The summed E-state index contributed by atoms with van der Waals surface area (Å²) in [5.41, 5.74) is 2.96. The normalized spacial score (nSPS) is 17.5. The monoisotopic (exact) mass is 275 g/mol. The minimum absolute atomic E-state index is 0.507. The van der Waals surface area contributed by atoms with Crippen LogP contribution in [0.1, 0.15) is 24.3 Å². The van der Waals surface area contributed by atoms with E-state index in [1.54, 1.807) is 12.5 Å². The van der Waals surface area contributed by atoms with Crippen LogP contribution in [0.2, 0.25) is 5.02 Å². The summed E-state index contributed by atoms with van der Waals surface area (Å²) in [4.78, 5) is 0. The van der Waals surface area contributed by atoms with Crippen molar-refractivity contribution in [1.29, 1.82) is 0 Å². The topological polar surface area (TPSA) is 38.3 Å². The lowest BCUT2D eigenvalue weighted by Crippen LogP contribution is -2.26. The van der Waals surface area contributed by atoms with Gasteiger partial charge in [0, 0.05) is 16.3 Å². The number of furan rings is 2. The van der Waals surface area contributed by atoms with Gasteiger partial charge in [-0.3, -0.25) is 0 Å². The summed E-state index contributed by atoms with van der Waals surface area (Å²) in [6.07, 6.45) is 5.66. The fourth-order valence-electron chi connectivity index (χ4n) is 3.14. The molecule has 0 aliphatic carbocycles. The molecule has 3 nitrogen and oxygen atoms in total. The van der Waals surface area contributed by atoms with E-state index < -0.39 is 0 Å². The van der Waals surface area contributed by atoms with Crippen LogP contribution in [0.5, 0.6) is 0 Å². The molecule has 1 N–H and O–H groups in total. The van der Waals surface area contributed by atoms with Gasteiger partial charge in [-0.2, -0.15) is 0 Å². The van der Waals surface area contributed by atoms with E-state index in [1.807, 2.05) is 12.1 Å². The van der Waals surface area contributed by atoms with Crippen molar-refractivity contribution in [3.63, 3.8) is 0 Å². The molecular formula is C15H14ClNO2. The van der Waals surface area contributed by atoms with E-state index in [2.05, 4.69) is 5.32 Å². The van der Waals surface area contributed by atoms with Gasteiger partial charge in [-0.05, 0) is 44.0 Å². The molecule has 1 aromatic carbocycles. The molecule has 98 valence electrons. The predicted molar refractivity (Wildman–Crippen MR) is 75.8 cm³/mol. The van der Waals surface area contributed by atoms with Gasteiger partial charge in [-0.25, -0.2) is 0 Å². The molecule has 3 heterocycles. The number of hydrogen-bond acceptors (Lipinski definition) is 3. The number of piperidine rings is 1. The lowest BCUT2D eigenvalue weighted by atomic mass is 9.87. The Labute approximate surface area is 115 Å². The van der Waals surface area contributed by atoms with Crippen molar-refractivity contribution in [1.82, 2.24) is 5.32 Å². The molecule has 1 saturated heterocycles. The quantitative estimate of drug-likeness (QED) is 0.719. The highest BCUT2D eigenvalue weighted by atomic mass is 35.5. The number of benzene rings is 1. The average Bonchev–Trinajstić information content (AvgIpc) is 3.09. The molecular weight excluding hydrogens is 262 g/mol. The second kappa shape index (κ2) is 4.29. The minimum Gasteiger partial charge on any atom is -0.464 e. The van der Waals surface area contributed by atoms with Crippen molar-refractivity contribution in [2.24, 2.45) is 0 Å². The molecule has 4 rings (SSSR count). The summed E-state index contributed by atoms with van der Waals surface area (Å²) in [5, 5.41) is 6.11. The Morgan fingerprint density at radius 3 is 2.47 bits per heavy atom. The lowest BCUT2D eigenvalue weighted by Gasteiger charge is -2.23. The van der Waals surface area contributed by atoms with Gasteiger partial charge in [-0.1, -0.05) is 11.6 Å². The van der Waals surface area contributed by atoms with Crippen LogP contribution in [0.3, 0.4) is 0 Å². The fourth-order valence-corrected chi connectivity index (χ4v) is 3.44. The summed E-state index contributed by atoms with van der Waals surface area (Å²) in [5.74, 6) is 0.507. The maximum Gasteiger partial charge on any atom is 0.153 e. The van der Waals surface area contributed by atoms with Crippen molar-refractivity contribution in [3.8, 4) is 0 Å². The van der Waals surface area contributed by atoms with Crippen LogP contribution in [0.25, 0.3) is 21.9 Å². The Kier molecular flexibility index (Phi) is 2.57. The Balaban J connectivity index is 2.06. The van der Waals surface area contributed by atoms with E-state index in [1.165, 1.54) is 5.56 Å². The largest absolute Gasteiger partial charge is 0.464 e. The Morgan fingerprint density at radius 2 is 1.68 bits per heavy atom. The molecule has 0 radical (unpaired) electrons. The first-order chi connectivity index (χ1) is 9.36. The molecule has 0 spiro atoms. The summed E-state index contributed by atoms with van der Waals surface area (Å²) in [6, 6.07) is 3.92. The summed E-state index contributed by atoms with van der Waals surface area (Å²) >= 11 is 6.40. The van der Waals surface area contributed by atoms with Crippen molar-refractivity contribution in [3.05, 3.63) is 35.2 Å². The second-order valence-electron chi connectivity index (χ2n) is 5.08. The first-order valence-corrected chi connectivity index (χ1v) is 7.00. The molecule has 2 aromatic heterocycles. The molecule has 4 heteroatoms. The van der Waals surface area contributed by atoms with E-state index in [9.17, 15) is 0 Å². The van der Waals surface area contributed by atoms with Crippen LogP contribution in [0.15, 0.2) is 33.5 Å². The number of rotatable bonds is 1. The summed E-state index contributed by atoms with van der Waals surface area (Å²) < 4.78 is 11.3. The molecule has 1 aliphatic heterocycles. The number of halogens is 1. The van der Waals surface area contributed by atoms with E-state index in [4.69, 9.17) is 20.4 Å². The molecule has 0 atom stereocenters. The van der Waals surface area contributed by atoms with Gasteiger partial charge in [-0.15, -0.1) is 0 Å². The highest BCUT2D eigenvalue weighted by Gasteiger charge is 2.25. The van der Waals surface area contributed by atoms with Crippen LogP contribution in [-0.2, 0) is 0 Å². The first-order valence-electron chi connectivity index (χ1n) is 6.62. The number of fused-ring (bicyclic) bond motifs is 2. The third kappa shape index (κ3) is 1.62. The summed E-state index contributed by atoms with van der Waals surface area (Å²) in [6.45, 7) is 2.10. The maximum atomic E-state index is 6.40. The first kappa shape index (κ1) is 11.4. The van der Waals surface area contributed by atoms with Crippen LogP contribution >= 0.6 is 11.6 Å². The maximum absolute atomic E-state index is 6.40. The van der Waals surface area contributed by atoms with E-state index in [-0.39, 0.29) is 0 Å². The van der Waals surface area contributed by atoms with Crippen molar-refractivity contribution >= 4 is 33.5 Å². The van der Waals surface area contributed by atoms with Crippen LogP contribution in [0.4, 0.5) is 0 Å². The standard InChI is InChI=1S/C15H14ClNO2/c16-13-11-4-8-18-14(11)12(9-1-5-17-6-2-9)10-3-7-19-15(10)13/h3-4,7-9,17H,1-2,5-6H2. The van der Waals surface area contributed by atoms with Gasteiger partial charge in [0.25, 0.3) is 0 Å². The third-order valence-electron chi connectivity index (χ3n) is 4.05. The molecule has 0 amide bonds. The molecule has 0 bridgehead atoms. The zero-order valence-corrected chi connectivity index (χ0v) is 11.2. The molecule has 0 unspecified atom stereocenters. The van der Waals surface area contributed by atoms with Gasteiger partial charge >= 0.3 is 0 Å². The smallest absolute Gasteiger partial charge is 0.153 e. The van der Waals surface area contributed by atoms with Crippen molar-refractivity contribution in [2.45, 2.75) is 18.8 Å². The van der Waals surface area contributed by atoms with Crippen LogP contribution in [-0.4, -0.2) is 13.1 Å².